The number of anilines is 2. The van der Waals surface area contributed by atoms with E-state index in [1.807, 2.05) is 63.2 Å². The molecule has 2 aromatic carbocycles. The zero-order valence-corrected chi connectivity index (χ0v) is 18.5. The average Bonchev–Trinajstić information content (AvgIpc) is 3.01. The van der Waals surface area contributed by atoms with E-state index in [0.717, 1.165) is 17.5 Å². The van der Waals surface area contributed by atoms with Crippen LogP contribution in [0.4, 0.5) is 16.2 Å². The molecule has 4 rings (SSSR count). The van der Waals surface area contributed by atoms with Gasteiger partial charge in [-0.25, -0.2) is 9.78 Å². The van der Waals surface area contributed by atoms with Gasteiger partial charge in [-0.05, 0) is 67.0 Å². The van der Waals surface area contributed by atoms with Crippen molar-refractivity contribution in [2.24, 2.45) is 0 Å². The molecule has 1 aliphatic rings. The lowest BCUT2D eigenvalue weighted by atomic mass is 10.0. The normalized spacial score (nSPS) is 13.9. The van der Waals surface area contributed by atoms with Crippen molar-refractivity contribution in [3.05, 3.63) is 70.3 Å². The third-order valence-electron chi connectivity index (χ3n) is 4.65. The molecule has 0 aliphatic carbocycles. The third-order valence-corrected chi connectivity index (χ3v) is 5.09. The summed E-state index contributed by atoms with van der Waals surface area (Å²) in [5, 5.41) is 5.61. The van der Waals surface area contributed by atoms with Crippen LogP contribution < -0.4 is 20.1 Å². The van der Waals surface area contributed by atoms with Crippen LogP contribution in [-0.4, -0.2) is 16.6 Å². The van der Waals surface area contributed by atoms with Gasteiger partial charge in [0.2, 0.25) is 5.88 Å². The summed E-state index contributed by atoms with van der Waals surface area (Å²) in [6, 6.07) is 16.4. The average molecular weight is 468 g/mol. The van der Waals surface area contributed by atoms with Crippen LogP contribution in [-0.2, 0) is 6.42 Å². The summed E-state index contributed by atoms with van der Waals surface area (Å²) in [6.07, 6.45) is 0.801. The van der Waals surface area contributed by atoms with Crippen molar-refractivity contribution in [3.8, 4) is 17.4 Å². The minimum Gasteiger partial charge on any atom is -0.483 e. The van der Waals surface area contributed by atoms with Crippen molar-refractivity contribution in [2.75, 3.05) is 10.6 Å². The third kappa shape index (κ3) is 4.57. The summed E-state index contributed by atoms with van der Waals surface area (Å²) >= 11 is 3.37. The smallest absolute Gasteiger partial charge is 0.323 e. The molecule has 0 atom stereocenters. The summed E-state index contributed by atoms with van der Waals surface area (Å²) in [5.41, 5.74) is 3.05. The monoisotopic (exact) mass is 467 g/mol. The molecule has 0 spiro atoms. The molecule has 30 heavy (non-hydrogen) atoms. The van der Waals surface area contributed by atoms with Crippen LogP contribution in [0, 0.1) is 6.92 Å². The molecule has 0 saturated carbocycles. The highest BCUT2D eigenvalue weighted by Crippen LogP contribution is 2.44. The Labute approximate surface area is 183 Å². The Bertz CT molecular complexity index is 1100. The van der Waals surface area contributed by atoms with E-state index in [-0.39, 0.29) is 17.5 Å². The minimum absolute atomic E-state index is 0.269. The van der Waals surface area contributed by atoms with Gasteiger partial charge in [-0.3, -0.25) is 0 Å². The number of para-hydroxylation sites is 1. The lowest BCUT2D eigenvalue weighted by Gasteiger charge is -2.18. The fourth-order valence-corrected chi connectivity index (χ4v) is 3.58. The number of ether oxygens (including phenoxy) is 2. The summed E-state index contributed by atoms with van der Waals surface area (Å²) < 4.78 is 12.8. The van der Waals surface area contributed by atoms with Gasteiger partial charge in [0.25, 0.3) is 0 Å². The molecule has 0 bridgehead atoms. The first-order chi connectivity index (χ1) is 14.3. The van der Waals surface area contributed by atoms with Gasteiger partial charge in [0.1, 0.15) is 15.9 Å². The second-order valence-electron chi connectivity index (χ2n) is 7.82. The predicted molar refractivity (Wildman–Crippen MR) is 121 cm³/mol. The van der Waals surface area contributed by atoms with Crippen LogP contribution in [0.2, 0.25) is 0 Å². The number of aryl methyl sites for hydroxylation is 1. The number of hydrogen-bond acceptors (Lipinski definition) is 4. The van der Waals surface area contributed by atoms with Gasteiger partial charge in [0.05, 0.1) is 0 Å². The van der Waals surface area contributed by atoms with Crippen molar-refractivity contribution >= 4 is 33.3 Å². The molecule has 154 valence electrons. The van der Waals surface area contributed by atoms with Crippen molar-refractivity contribution in [2.45, 2.75) is 32.8 Å². The Balaban J connectivity index is 1.56. The van der Waals surface area contributed by atoms with Gasteiger partial charge in [0.15, 0.2) is 11.5 Å². The predicted octanol–water partition coefficient (Wildman–Crippen LogP) is 6.30. The molecule has 2 heterocycles. The first-order valence-corrected chi connectivity index (χ1v) is 10.4. The van der Waals surface area contributed by atoms with Gasteiger partial charge >= 0.3 is 6.03 Å². The Morgan fingerprint density at radius 1 is 1.10 bits per heavy atom. The number of halogens is 1. The lowest BCUT2D eigenvalue weighted by molar-refractivity contribution is 0.135. The molecule has 7 heteroatoms. The Hall–Kier alpha value is -3.06. The minimum atomic E-state index is -0.386. The van der Waals surface area contributed by atoms with E-state index in [1.54, 1.807) is 12.1 Å². The highest BCUT2D eigenvalue weighted by molar-refractivity contribution is 9.10. The molecule has 0 radical (unpaired) electrons. The molecule has 0 unspecified atom stereocenters. The fraction of sp³-hybridized carbons (Fsp3) is 0.217. The highest BCUT2D eigenvalue weighted by atomic mass is 79.9. The molecule has 1 aromatic heterocycles. The number of hydrogen-bond donors (Lipinski definition) is 2. The van der Waals surface area contributed by atoms with E-state index in [1.165, 1.54) is 0 Å². The van der Waals surface area contributed by atoms with E-state index >= 15 is 0 Å². The number of rotatable bonds is 4. The highest BCUT2D eigenvalue weighted by Gasteiger charge is 2.32. The van der Waals surface area contributed by atoms with Crippen molar-refractivity contribution in [1.29, 1.82) is 0 Å². The quantitative estimate of drug-likeness (QED) is 0.441. The summed E-state index contributed by atoms with van der Waals surface area (Å²) in [6.45, 7) is 6.07. The molecule has 2 amide bonds. The van der Waals surface area contributed by atoms with Crippen molar-refractivity contribution in [1.82, 2.24) is 4.98 Å². The lowest BCUT2D eigenvalue weighted by Crippen LogP contribution is -2.24. The van der Waals surface area contributed by atoms with Crippen LogP contribution >= 0.6 is 15.9 Å². The van der Waals surface area contributed by atoms with Crippen LogP contribution in [0.15, 0.2) is 59.2 Å². The number of pyridine rings is 1. The number of carbonyl (C=O) groups is 1. The maximum Gasteiger partial charge on any atom is 0.323 e. The van der Waals surface area contributed by atoms with Crippen LogP contribution in [0.5, 0.6) is 17.4 Å². The standard InChI is InChI=1S/C23H22BrN3O3/c1-14-7-9-16(10-8-14)25-22(28)26-17-11-12-19(24)27-21(17)29-18-6-4-5-15-13-23(2,3)30-20(15)18/h4-12H,13H2,1-3H3,(H2,25,26,28). The number of carbonyl (C=O) groups excluding carboxylic acids is 1. The molecule has 1 aliphatic heterocycles. The maximum absolute atomic E-state index is 12.5. The van der Waals surface area contributed by atoms with Gasteiger partial charge in [0, 0.05) is 17.7 Å². The summed E-state index contributed by atoms with van der Waals surface area (Å²) in [5.74, 6) is 1.54. The Morgan fingerprint density at radius 3 is 2.63 bits per heavy atom. The van der Waals surface area contributed by atoms with E-state index in [2.05, 4.69) is 31.5 Å². The number of benzene rings is 2. The van der Waals surface area contributed by atoms with E-state index in [9.17, 15) is 4.79 Å². The van der Waals surface area contributed by atoms with E-state index in [4.69, 9.17) is 9.47 Å². The Kier molecular flexibility index (Phi) is 5.39. The fourth-order valence-electron chi connectivity index (χ4n) is 3.28. The first kappa shape index (κ1) is 20.2. The molecular weight excluding hydrogens is 446 g/mol. The van der Waals surface area contributed by atoms with Crippen LogP contribution in [0.1, 0.15) is 25.0 Å². The summed E-state index contributed by atoms with van der Waals surface area (Å²) in [4.78, 5) is 16.9. The largest absolute Gasteiger partial charge is 0.483 e. The van der Waals surface area contributed by atoms with Gasteiger partial charge in [-0.2, -0.15) is 0 Å². The first-order valence-electron chi connectivity index (χ1n) is 9.59. The Morgan fingerprint density at radius 2 is 1.87 bits per heavy atom. The molecule has 6 nitrogen and oxygen atoms in total. The number of amides is 2. The second kappa shape index (κ2) is 7.99. The van der Waals surface area contributed by atoms with Crippen molar-refractivity contribution in [3.63, 3.8) is 0 Å². The van der Waals surface area contributed by atoms with Crippen LogP contribution in [0.3, 0.4) is 0 Å². The molecule has 2 N–H and O–H groups in total. The zero-order chi connectivity index (χ0) is 21.3. The van der Waals surface area contributed by atoms with Crippen LogP contribution in [0.25, 0.3) is 0 Å². The number of urea groups is 1. The zero-order valence-electron chi connectivity index (χ0n) is 17.0. The van der Waals surface area contributed by atoms with Gasteiger partial charge in [-0.15, -0.1) is 0 Å². The number of nitrogens with zero attached hydrogens (tertiary/aromatic N) is 1. The number of fused-ring (bicyclic) bond motifs is 1. The topological polar surface area (TPSA) is 72.5 Å². The SMILES string of the molecule is Cc1ccc(NC(=O)Nc2ccc(Br)nc2Oc2cccc3c2OC(C)(C)C3)cc1. The molecular formula is C23H22BrN3O3. The van der Waals surface area contributed by atoms with Crippen molar-refractivity contribution < 1.29 is 14.3 Å². The molecule has 0 saturated heterocycles. The maximum atomic E-state index is 12.5. The number of nitrogens with one attached hydrogen (secondary N) is 2. The number of aromatic nitrogens is 1. The summed E-state index contributed by atoms with van der Waals surface area (Å²) in [7, 11) is 0. The second-order valence-corrected chi connectivity index (χ2v) is 8.63. The van der Waals surface area contributed by atoms with E-state index in [0.29, 0.717) is 27.5 Å². The molecule has 0 fully saturated rings. The van der Waals surface area contributed by atoms with Gasteiger partial charge < -0.3 is 20.1 Å². The van der Waals surface area contributed by atoms with Gasteiger partial charge in [-0.1, -0.05) is 29.8 Å². The van der Waals surface area contributed by atoms with E-state index < -0.39 is 0 Å². The molecule has 3 aromatic rings.